The highest BCUT2D eigenvalue weighted by molar-refractivity contribution is 5.83. The van der Waals surface area contributed by atoms with E-state index in [-0.39, 0.29) is 0 Å². The molecule has 0 fully saturated rings. The third-order valence-electron chi connectivity index (χ3n) is 5.72. The Morgan fingerprint density at radius 1 is 1.17 bits per heavy atom. The van der Waals surface area contributed by atoms with Crippen LogP contribution in [0.4, 0.5) is 10.1 Å². The van der Waals surface area contributed by atoms with Gasteiger partial charge in [-0.05, 0) is 68.7 Å². The topological polar surface area (TPSA) is 45.6 Å². The summed E-state index contributed by atoms with van der Waals surface area (Å²) in [5.74, 6) is 0.585. The van der Waals surface area contributed by atoms with Gasteiger partial charge in [0.25, 0.3) is 0 Å². The first kappa shape index (κ1) is 19.6. The van der Waals surface area contributed by atoms with Crippen molar-refractivity contribution < 1.29 is 14.2 Å². The zero-order chi connectivity index (χ0) is 20.6. The highest BCUT2D eigenvalue weighted by atomic mass is 19.1. The third-order valence-corrected chi connectivity index (χ3v) is 5.72. The van der Waals surface area contributed by atoms with Gasteiger partial charge in [0, 0.05) is 30.2 Å². The normalized spacial score (nSPS) is 15.3. The second-order valence-corrected chi connectivity index (χ2v) is 8.30. The van der Waals surface area contributed by atoms with Gasteiger partial charge in [0.15, 0.2) is 0 Å². The number of rotatable bonds is 5. The van der Waals surface area contributed by atoms with E-state index in [1.807, 2.05) is 30.3 Å². The Morgan fingerprint density at radius 3 is 2.79 bits per heavy atom. The van der Waals surface area contributed by atoms with Gasteiger partial charge in [0.2, 0.25) is 0 Å². The van der Waals surface area contributed by atoms with E-state index < -0.39 is 18.4 Å². The van der Waals surface area contributed by atoms with Crippen molar-refractivity contribution in [1.29, 1.82) is 0 Å². The maximum absolute atomic E-state index is 12.8. The Labute approximate surface area is 171 Å². The van der Waals surface area contributed by atoms with Gasteiger partial charge < -0.3 is 14.7 Å². The van der Waals surface area contributed by atoms with E-state index in [1.54, 1.807) is 13.8 Å². The van der Waals surface area contributed by atoms with Crippen LogP contribution in [0.1, 0.15) is 25.8 Å². The Kier molecular flexibility index (Phi) is 5.17. The zero-order valence-corrected chi connectivity index (χ0v) is 17.2. The fourth-order valence-electron chi connectivity index (χ4n) is 3.83. The minimum atomic E-state index is -1.18. The smallest absolute Gasteiger partial charge is 0.132 e. The molecule has 5 heteroatoms. The van der Waals surface area contributed by atoms with E-state index in [9.17, 15) is 9.50 Å². The Morgan fingerprint density at radius 2 is 2.00 bits per heavy atom. The fraction of sp³-hybridized carbons (Fsp3) is 0.375. The van der Waals surface area contributed by atoms with Crippen molar-refractivity contribution in [1.82, 2.24) is 4.98 Å². The van der Waals surface area contributed by atoms with Crippen LogP contribution < -0.4 is 9.64 Å². The van der Waals surface area contributed by atoms with Crippen LogP contribution >= 0.6 is 0 Å². The van der Waals surface area contributed by atoms with Crippen LogP contribution in [0, 0.1) is 0 Å². The molecule has 2 aromatic carbocycles. The number of hydrogen-bond donors (Lipinski definition) is 1. The van der Waals surface area contributed by atoms with Crippen molar-refractivity contribution >= 4 is 16.6 Å². The maximum atomic E-state index is 12.8. The van der Waals surface area contributed by atoms with Crippen LogP contribution in [-0.2, 0) is 6.42 Å². The molecule has 1 N–H and O–H groups in total. The molecule has 4 nitrogen and oxygen atoms in total. The van der Waals surface area contributed by atoms with E-state index in [0.29, 0.717) is 5.75 Å². The summed E-state index contributed by atoms with van der Waals surface area (Å²) in [4.78, 5) is 7.13. The predicted octanol–water partition coefficient (Wildman–Crippen LogP) is 4.77. The van der Waals surface area contributed by atoms with Crippen molar-refractivity contribution in [2.75, 3.05) is 25.2 Å². The summed E-state index contributed by atoms with van der Waals surface area (Å²) in [5, 5.41) is 10.7. The number of aryl methyl sites for hydroxylation is 1. The van der Waals surface area contributed by atoms with Crippen molar-refractivity contribution in [3.05, 3.63) is 54.1 Å². The van der Waals surface area contributed by atoms with Gasteiger partial charge in [-0.3, -0.25) is 0 Å². The molecule has 0 aliphatic carbocycles. The predicted molar refractivity (Wildman–Crippen MR) is 115 cm³/mol. The Hall–Kier alpha value is -2.66. The second-order valence-electron chi connectivity index (χ2n) is 8.30. The molecule has 1 aliphatic heterocycles. The number of halogens is 1. The van der Waals surface area contributed by atoms with Gasteiger partial charge >= 0.3 is 0 Å². The second kappa shape index (κ2) is 7.64. The highest BCUT2D eigenvalue weighted by Gasteiger charge is 2.30. The van der Waals surface area contributed by atoms with E-state index in [1.165, 1.54) is 17.7 Å². The number of fused-ring (bicyclic) bond motifs is 2. The minimum Gasteiger partial charge on any atom is -0.485 e. The summed E-state index contributed by atoms with van der Waals surface area (Å²) in [6.45, 7) is 3.61. The Balaban J connectivity index is 1.62. The summed E-state index contributed by atoms with van der Waals surface area (Å²) in [5.41, 5.74) is 4.60. The molecule has 1 aromatic heterocycles. The quantitative estimate of drug-likeness (QED) is 0.677. The summed E-state index contributed by atoms with van der Waals surface area (Å²) < 4.78 is 18.7. The van der Waals surface area contributed by atoms with Crippen molar-refractivity contribution in [2.24, 2.45) is 0 Å². The van der Waals surface area contributed by atoms with E-state index in [2.05, 4.69) is 30.1 Å². The number of nitrogens with zero attached hydrogens (tertiary/aromatic N) is 2. The van der Waals surface area contributed by atoms with E-state index >= 15 is 0 Å². The van der Waals surface area contributed by atoms with E-state index in [4.69, 9.17) is 9.72 Å². The highest BCUT2D eigenvalue weighted by Crippen LogP contribution is 2.32. The lowest BCUT2D eigenvalue weighted by Gasteiger charge is -2.30. The fourth-order valence-corrected chi connectivity index (χ4v) is 3.83. The number of benzene rings is 2. The van der Waals surface area contributed by atoms with Crippen LogP contribution in [0.2, 0.25) is 0 Å². The lowest BCUT2D eigenvalue weighted by molar-refractivity contribution is -0.0392. The first-order chi connectivity index (χ1) is 13.9. The number of anilines is 1. The molecule has 1 atom stereocenters. The third kappa shape index (κ3) is 3.92. The number of pyridine rings is 1. The van der Waals surface area contributed by atoms with Gasteiger partial charge in [-0.1, -0.05) is 12.1 Å². The molecule has 1 unspecified atom stereocenters. The molecule has 152 valence electrons. The van der Waals surface area contributed by atoms with Gasteiger partial charge in [-0.15, -0.1) is 0 Å². The van der Waals surface area contributed by atoms with Crippen molar-refractivity contribution in [2.45, 2.75) is 38.4 Å². The van der Waals surface area contributed by atoms with Crippen LogP contribution in [-0.4, -0.2) is 42.1 Å². The molecule has 4 rings (SSSR count). The zero-order valence-electron chi connectivity index (χ0n) is 17.2. The number of ether oxygens (including phenoxy) is 1. The number of alkyl halides is 1. The molecular formula is C24H27FN2O2. The molecule has 29 heavy (non-hydrogen) atoms. The van der Waals surface area contributed by atoms with Crippen LogP contribution in [0.15, 0.2) is 48.5 Å². The maximum Gasteiger partial charge on any atom is 0.132 e. The van der Waals surface area contributed by atoms with Crippen LogP contribution in [0.3, 0.4) is 0 Å². The molecule has 0 spiro atoms. The monoisotopic (exact) mass is 394 g/mol. The molecule has 2 heterocycles. The van der Waals surface area contributed by atoms with Crippen molar-refractivity contribution in [3.8, 4) is 17.0 Å². The van der Waals surface area contributed by atoms with Gasteiger partial charge in [-0.2, -0.15) is 0 Å². The standard InChI is InChI=1S/C24H27FN2O2/c1-24(2,23(28)15-25)29-19-8-10-21-17(14-19)6-9-20(26-21)16-7-11-22-18(13-16)5-4-12-27(22)3/h6-11,13-14,23,28H,4-5,12,15H2,1-3H3. The molecular weight excluding hydrogens is 367 g/mol. The van der Waals surface area contributed by atoms with E-state index in [0.717, 1.165) is 35.1 Å². The Bertz CT molecular complexity index is 1030. The largest absolute Gasteiger partial charge is 0.485 e. The average molecular weight is 394 g/mol. The molecule has 0 saturated carbocycles. The molecule has 3 aromatic rings. The molecule has 0 saturated heterocycles. The SMILES string of the molecule is CN1CCCc2cc(-c3ccc4cc(OC(C)(C)C(O)CF)ccc4n3)ccc21. The van der Waals surface area contributed by atoms with Gasteiger partial charge in [0.1, 0.15) is 24.1 Å². The number of aliphatic hydroxyl groups excluding tert-OH is 1. The molecule has 0 amide bonds. The summed E-state index contributed by atoms with van der Waals surface area (Å²) in [7, 11) is 2.14. The first-order valence-electron chi connectivity index (χ1n) is 10.1. The van der Waals surface area contributed by atoms with Crippen LogP contribution in [0.25, 0.3) is 22.2 Å². The lowest BCUT2D eigenvalue weighted by atomic mass is 9.98. The lowest BCUT2D eigenvalue weighted by Crippen LogP contribution is -2.43. The molecule has 1 aliphatic rings. The summed E-state index contributed by atoms with van der Waals surface area (Å²) in [6.07, 6.45) is 1.10. The summed E-state index contributed by atoms with van der Waals surface area (Å²) in [6, 6.07) is 16.2. The number of hydrogen-bond acceptors (Lipinski definition) is 4. The van der Waals surface area contributed by atoms with Gasteiger partial charge in [0.05, 0.1) is 11.2 Å². The molecule has 0 radical (unpaired) electrons. The average Bonchev–Trinajstić information content (AvgIpc) is 2.72. The minimum absolute atomic E-state index is 0.585. The summed E-state index contributed by atoms with van der Waals surface area (Å²) >= 11 is 0. The number of aliphatic hydroxyl groups is 1. The number of aromatic nitrogens is 1. The van der Waals surface area contributed by atoms with Crippen LogP contribution in [0.5, 0.6) is 5.75 Å². The van der Waals surface area contributed by atoms with Crippen molar-refractivity contribution in [3.63, 3.8) is 0 Å². The molecule has 0 bridgehead atoms. The first-order valence-corrected chi connectivity index (χ1v) is 10.1. The van der Waals surface area contributed by atoms with Gasteiger partial charge in [-0.25, -0.2) is 9.37 Å².